The van der Waals surface area contributed by atoms with Crippen molar-refractivity contribution in [1.29, 1.82) is 0 Å². The van der Waals surface area contributed by atoms with Crippen LogP contribution in [0.3, 0.4) is 0 Å². The smallest absolute Gasteiger partial charge is 0.245 e. The summed E-state index contributed by atoms with van der Waals surface area (Å²) in [4.78, 5) is 12.2. The Balaban J connectivity index is 2.68. The van der Waals surface area contributed by atoms with E-state index >= 15 is 0 Å². The first-order valence-electron chi connectivity index (χ1n) is 5.87. The molecule has 1 N–H and O–H groups in total. The third-order valence-electron chi connectivity index (χ3n) is 3.27. The number of methoxy groups -OCH3 is 4. The third kappa shape index (κ3) is 1.65. The molecule has 108 valence electrons. The molecule has 6 heteroatoms. The fraction of sp³-hybridized carbons (Fsp3) is 0.357. The molecule has 1 aliphatic rings. The molecule has 1 aliphatic carbocycles. The maximum Gasteiger partial charge on any atom is 0.245 e. The number of carbonyl (C=O) groups excluding carboxylic acids is 1. The lowest BCUT2D eigenvalue weighted by Gasteiger charge is -2.38. The number of carbonyl (C=O) groups is 1. The molecule has 2 rings (SSSR count). The summed E-state index contributed by atoms with van der Waals surface area (Å²) in [6, 6.07) is 4.95. The van der Waals surface area contributed by atoms with E-state index < -0.39 is 11.4 Å². The van der Waals surface area contributed by atoms with Crippen LogP contribution in [0.1, 0.15) is 5.56 Å². The summed E-state index contributed by atoms with van der Waals surface area (Å²) in [5.41, 5.74) is -1.76. The van der Waals surface area contributed by atoms with Crippen molar-refractivity contribution < 1.29 is 28.8 Å². The van der Waals surface area contributed by atoms with Crippen molar-refractivity contribution in [1.82, 2.24) is 0 Å². The summed E-state index contributed by atoms with van der Waals surface area (Å²) in [5, 5.41) is 10.8. The highest BCUT2D eigenvalue weighted by atomic mass is 16.5. The maximum atomic E-state index is 12.2. The van der Waals surface area contributed by atoms with Crippen LogP contribution < -0.4 is 9.47 Å². The number of ketones is 1. The molecule has 0 radical (unpaired) electrons. The molecule has 0 aliphatic heterocycles. The molecule has 0 aromatic heterocycles. The van der Waals surface area contributed by atoms with Gasteiger partial charge in [-0.25, -0.2) is 0 Å². The van der Waals surface area contributed by atoms with Gasteiger partial charge >= 0.3 is 0 Å². The number of benzene rings is 1. The molecule has 0 saturated carbocycles. The molecule has 1 aromatic rings. The van der Waals surface area contributed by atoms with Gasteiger partial charge in [0.25, 0.3) is 0 Å². The Labute approximate surface area is 116 Å². The van der Waals surface area contributed by atoms with Crippen LogP contribution in [0.4, 0.5) is 0 Å². The van der Waals surface area contributed by atoms with Crippen molar-refractivity contribution in [3.8, 4) is 11.5 Å². The Morgan fingerprint density at radius 3 is 1.90 bits per heavy atom. The van der Waals surface area contributed by atoms with Gasteiger partial charge in [-0.15, -0.1) is 0 Å². The standard InChI is InChI=1S/C14H16O6/c1-17-8-6-5-7-9(18-2)10(8)14(16)12(15)11(19-3)13(14)20-4/h5-7,16H,1-4H3. The third-order valence-corrected chi connectivity index (χ3v) is 3.27. The summed E-state index contributed by atoms with van der Waals surface area (Å²) >= 11 is 0. The first-order chi connectivity index (χ1) is 9.55. The van der Waals surface area contributed by atoms with Crippen molar-refractivity contribution in [2.45, 2.75) is 5.60 Å². The van der Waals surface area contributed by atoms with Gasteiger partial charge in [0, 0.05) is 0 Å². The highest BCUT2D eigenvalue weighted by Gasteiger charge is 2.60. The first-order valence-corrected chi connectivity index (χ1v) is 5.87. The summed E-state index contributed by atoms with van der Waals surface area (Å²) in [7, 11) is 5.58. The Bertz CT molecular complexity index is 555. The number of Topliss-reactive ketones (excluding diaryl/α,β-unsaturated/α-hetero) is 1. The average Bonchev–Trinajstić information content (AvgIpc) is 2.49. The average molecular weight is 280 g/mol. The van der Waals surface area contributed by atoms with Crippen molar-refractivity contribution in [2.75, 3.05) is 28.4 Å². The highest BCUT2D eigenvalue weighted by Crippen LogP contribution is 2.50. The van der Waals surface area contributed by atoms with Gasteiger partial charge in [-0.1, -0.05) is 6.07 Å². The maximum absolute atomic E-state index is 12.2. The molecule has 6 nitrogen and oxygen atoms in total. The minimum atomic E-state index is -1.96. The Hall–Kier alpha value is -2.21. The highest BCUT2D eigenvalue weighted by molar-refractivity contribution is 6.11. The number of hydrogen-bond donors (Lipinski definition) is 1. The van der Waals surface area contributed by atoms with Gasteiger partial charge < -0.3 is 24.1 Å². The monoisotopic (exact) mass is 280 g/mol. The van der Waals surface area contributed by atoms with E-state index in [9.17, 15) is 9.90 Å². The molecule has 0 heterocycles. The molecule has 1 unspecified atom stereocenters. The van der Waals surface area contributed by atoms with Crippen LogP contribution in [0.15, 0.2) is 29.7 Å². The Morgan fingerprint density at radius 2 is 1.50 bits per heavy atom. The van der Waals surface area contributed by atoms with E-state index in [2.05, 4.69) is 0 Å². The van der Waals surface area contributed by atoms with Gasteiger partial charge in [-0.2, -0.15) is 0 Å². The summed E-state index contributed by atoms with van der Waals surface area (Å²) in [6.45, 7) is 0. The van der Waals surface area contributed by atoms with E-state index in [-0.39, 0.29) is 17.1 Å². The lowest BCUT2D eigenvalue weighted by atomic mass is 9.76. The number of aliphatic hydroxyl groups is 1. The second kappa shape index (κ2) is 5.05. The second-order valence-electron chi connectivity index (χ2n) is 4.14. The largest absolute Gasteiger partial charge is 0.496 e. The normalized spacial score (nSPS) is 21.4. The molecule has 0 spiro atoms. The predicted molar refractivity (Wildman–Crippen MR) is 69.5 cm³/mol. The zero-order valence-electron chi connectivity index (χ0n) is 11.7. The Morgan fingerprint density at radius 1 is 0.950 bits per heavy atom. The number of rotatable bonds is 5. The molecule has 0 amide bonds. The number of hydrogen-bond acceptors (Lipinski definition) is 6. The van der Waals surface area contributed by atoms with Crippen LogP contribution in [-0.4, -0.2) is 39.3 Å². The Kier molecular flexibility index (Phi) is 3.59. The van der Waals surface area contributed by atoms with Crippen LogP contribution in [0, 0.1) is 0 Å². The van der Waals surface area contributed by atoms with Gasteiger partial charge in [0.05, 0.1) is 34.0 Å². The lowest BCUT2D eigenvalue weighted by molar-refractivity contribution is -0.147. The van der Waals surface area contributed by atoms with Crippen molar-refractivity contribution in [2.24, 2.45) is 0 Å². The van der Waals surface area contributed by atoms with Crippen LogP contribution in [0.2, 0.25) is 0 Å². The van der Waals surface area contributed by atoms with E-state index in [0.717, 1.165) is 0 Å². The molecule has 0 saturated heterocycles. The summed E-state index contributed by atoms with van der Waals surface area (Å²) in [5.74, 6) is 0.0743. The molecular formula is C14H16O6. The number of ether oxygens (including phenoxy) is 4. The van der Waals surface area contributed by atoms with Crippen molar-refractivity contribution >= 4 is 5.78 Å². The van der Waals surface area contributed by atoms with Crippen molar-refractivity contribution in [3.63, 3.8) is 0 Å². The molecule has 0 bridgehead atoms. The summed E-state index contributed by atoms with van der Waals surface area (Å²) < 4.78 is 20.4. The van der Waals surface area contributed by atoms with Gasteiger partial charge in [-0.3, -0.25) is 4.79 Å². The molecule has 0 fully saturated rings. The minimum absolute atomic E-state index is 0.0111. The van der Waals surface area contributed by atoms with Crippen LogP contribution in [0.5, 0.6) is 11.5 Å². The van der Waals surface area contributed by atoms with Crippen LogP contribution >= 0.6 is 0 Å². The van der Waals surface area contributed by atoms with Gasteiger partial charge in [0.15, 0.2) is 5.76 Å². The fourth-order valence-electron chi connectivity index (χ4n) is 2.33. The molecule has 1 aromatic carbocycles. The van der Waals surface area contributed by atoms with E-state index in [4.69, 9.17) is 18.9 Å². The van der Waals surface area contributed by atoms with Gasteiger partial charge in [0.1, 0.15) is 11.5 Å². The second-order valence-corrected chi connectivity index (χ2v) is 4.14. The van der Waals surface area contributed by atoms with Crippen LogP contribution in [-0.2, 0) is 19.9 Å². The summed E-state index contributed by atoms with van der Waals surface area (Å²) in [6.07, 6.45) is 0. The SMILES string of the molecule is COC1=C(OC)C(O)(c2c(OC)cccc2OC)C1=O. The zero-order chi connectivity index (χ0) is 14.9. The van der Waals surface area contributed by atoms with Crippen LogP contribution in [0.25, 0.3) is 0 Å². The molecule has 1 atom stereocenters. The van der Waals surface area contributed by atoms with E-state index in [1.165, 1.54) is 28.4 Å². The van der Waals surface area contributed by atoms with E-state index in [1.807, 2.05) is 0 Å². The van der Waals surface area contributed by atoms with Gasteiger partial charge in [-0.05, 0) is 12.1 Å². The van der Waals surface area contributed by atoms with E-state index in [1.54, 1.807) is 18.2 Å². The zero-order valence-corrected chi connectivity index (χ0v) is 11.7. The molecule has 20 heavy (non-hydrogen) atoms. The van der Waals surface area contributed by atoms with Gasteiger partial charge in [0.2, 0.25) is 17.1 Å². The van der Waals surface area contributed by atoms with Crippen molar-refractivity contribution in [3.05, 3.63) is 35.3 Å². The lowest BCUT2D eigenvalue weighted by Crippen LogP contribution is -2.49. The minimum Gasteiger partial charge on any atom is -0.496 e. The quantitative estimate of drug-likeness (QED) is 0.866. The molecular weight excluding hydrogens is 264 g/mol. The van der Waals surface area contributed by atoms with E-state index in [0.29, 0.717) is 11.5 Å². The topological polar surface area (TPSA) is 74.2 Å². The predicted octanol–water partition coefficient (Wildman–Crippen LogP) is 0.978. The fourth-order valence-corrected chi connectivity index (χ4v) is 2.33. The first kappa shape index (κ1) is 14.2.